The third-order valence-electron chi connectivity index (χ3n) is 6.13. The van der Waals surface area contributed by atoms with E-state index in [2.05, 4.69) is 0 Å². The third-order valence-corrected chi connectivity index (χ3v) is 9.75. The van der Waals surface area contributed by atoms with Gasteiger partial charge in [-0.2, -0.15) is 0 Å². The number of para-hydroxylation sites is 2. The van der Waals surface area contributed by atoms with Gasteiger partial charge < -0.3 is 19.7 Å². The molecule has 0 aromatic heterocycles. The molecule has 0 fully saturated rings. The van der Waals surface area contributed by atoms with Crippen LogP contribution in [0.5, 0.6) is 28.7 Å². The Balaban J connectivity index is 1.25. The first-order valence-corrected chi connectivity index (χ1v) is 15.3. The summed E-state index contributed by atoms with van der Waals surface area (Å²) in [5.41, 5.74) is 0.762. The van der Waals surface area contributed by atoms with Crippen LogP contribution < -0.4 is 9.47 Å². The zero-order valence-electron chi connectivity index (χ0n) is 21.4. The predicted molar refractivity (Wildman–Crippen MR) is 151 cm³/mol. The van der Waals surface area contributed by atoms with E-state index >= 15 is 0 Å². The van der Waals surface area contributed by atoms with Crippen LogP contribution in [-0.2, 0) is 26.3 Å². The van der Waals surface area contributed by atoms with Crippen molar-refractivity contribution in [3.63, 3.8) is 0 Å². The van der Waals surface area contributed by atoms with Gasteiger partial charge in [0.1, 0.15) is 45.1 Å². The number of hydrogen-bond acceptors (Lipinski definition) is 8. The van der Waals surface area contributed by atoms with Gasteiger partial charge in [0.05, 0.1) is 9.79 Å². The van der Waals surface area contributed by atoms with Crippen molar-refractivity contribution in [2.75, 3.05) is 0 Å². The second kappa shape index (κ2) is 11.4. The summed E-state index contributed by atoms with van der Waals surface area (Å²) >= 11 is 0. The van der Waals surface area contributed by atoms with E-state index in [4.69, 9.17) is 9.47 Å². The Morgan fingerprint density at radius 1 is 0.537 bits per heavy atom. The van der Waals surface area contributed by atoms with Crippen LogP contribution in [0.1, 0.15) is 5.56 Å². The van der Waals surface area contributed by atoms with Crippen LogP contribution >= 0.6 is 0 Å². The van der Waals surface area contributed by atoms with E-state index in [1.807, 2.05) is 0 Å². The quantitative estimate of drug-likeness (QED) is 0.210. The van der Waals surface area contributed by atoms with Crippen molar-refractivity contribution in [2.45, 2.75) is 26.2 Å². The number of phenols is 2. The molecule has 10 heteroatoms. The highest BCUT2D eigenvalue weighted by molar-refractivity contribution is 7.92. The van der Waals surface area contributed by atoms with Gasteiger partial charge in [-0.15, -0.1) is 0 Å². The van der Waals surface area contributed by atoms with E-state index < -0.39 is 19.7 Å². The van der Waals surface area contributed by atoms with Gasteiger partial charge in [0.15, 0.2) is 0 Å². The third kappa shape index (κ3) is 6.03. The topological polar surface area (TPSA) is 127 Å². The number of sulfone groups is 2. The fourth-order valence-corrected chi connectivity index (χ4v) is 6.74. The van der Waals surface area contributed by atoms with E-state index in [0.717, 1.165) is 5.56 Å². The van der Waals surface area contributed by atoms with Crippen molar-refractivity contribution in [1.29, 1.82) is 0 Å². The van der Waals surface area contributed by atoms with Gasteiger partial charge in [-0.05, 0) is 90.5 Å². The second-order valence-corrected chi connectivity index (χ2v) is 12.8. The van der Waals surface area contributed by atoms with Crippen LogP contribution in [0.15, 0.2) is 141 Å². The summed E-state index contributed by atoms with van der Waals surface area (Å²) in [5.74, 6) is 0.758. The molecule has 0 amide bonds. The summed E-state index contributed by atoms with van der Waals surface area (Å²) in [6.07, 6.45) is 0. The molecular weight excluding hydrogens is 564 g/mol. The monoisotopic (exact) mass is 588 g/mol. The predicted octanol–water partition coefficient (Wildman–Crippen LogP) is 6.13. The minimum atomic E-state index is -3.89. The highest BCUT2D eigenvalue weighted by atomic mass is 32.2. The number of benzene rings is 5. The summed E-state index contributed by atoms with van der Waals surface area (Å²) in [7, 11) is -7.76. The molecule has 5 aromatic rings. The zero-order chi connectivity index (χ0) is 29.0. The number of aromatic hydroxyl groups is 2. The zero-order valence-corrected chi connectivity index (χ0v) is 23.0. The lowest BCUT2D eigenvalue weighted by atomic mass is 10.2. The maximum atomic E-state index is 13.1. The second-order valence-electron chi connectivity index (χ2n) is 8.92. The Morgan fingerprint density at radius 2 is 1.02 bits per heavy atom. The molecule has 41 heavy (non-hydrogen) atoms. The maximum Gasteiger partial charge on any atom is 0.210 e. The highest BCUT2D eigenvalue weighted by Crippen LogP contribution is 2.32. The Kier molecular flexibility index (Phi) is 7.69. The van der Waals surface area contributed by atoms with Crippen LogP contribution in [0.25, 0.3) is 0 Å². The Bertz CT molecular complexity index is 1880. The Labute approximate surface area is 237 Å². The smallest absolute Gasteiger partial charge is 0.210 e. The lowest BCUT2D eigenvalue weighted by Gasteiger charge is -2.13. The first-order valence-electron chi connectivity index (χ1n) is 12.3. The molecule has 0 unspecified atom stereocenters. The normalized spacial score (nSPS) is 11.6. The van der Waals surface area contributed by atoms with E-state index in [1.54, 1.807) is 48.5 Å². The van der Waals surface area contributed by atoms with Crippen LogP contribution in [-0.4, -0.2) is 27.0 Å². The van der Waals surface area contributed by atoms with Crippen molar-refractivity contribution in [3.8, 4) is 28.7 Å². The van der Waals surface area contributed by atoms with Crippen molar-refractivity contribution in [3.05, 3.63) is 127 Å². The van der Waals surface area contributed by atoms with Gasteiger partial charge in [0.25, 0.3) is 0 Å². The van der Waals surface area contributed by atoms with Crippen molar-refractivity contribution in [2.24, 2.45) is 0 Å². The van der Waals surface area contributed by atoms with Crippen LogP contribution in [0, 0.1) is 0 Å². The first kappa shape index (κ1) is 27.8. The van der Waals surface area contributed by atoms with Gasteiger partial charge in [0, 0.05) is 0 Å². The van der Waals surface area contributed by atoms with Crippen LogP contribution in [0.3, 0.4) is 0 Å². The highest BCUT2D eigenvalue weighted by Gasteiger charge is 2.23. The van der Waals surface area contributed by atoms with Crippen molar-refractivity contribution < 1.29 is 36.5 Å². The molecule has 0 aliphatic heterocycles. The van der Waals surface area contributed by atoms with Gasteiger partial charge in [-0.1, -0.05) is 36.4 Å². The number of hydrogen-bond donors (Lipinski definition) is 2. The number of phenolic OH excluding ortho intramolecular Hbond substituents is 2. The maximum absolute atomic E-state index is 13.1. The summed E-state index contributed by atoms with van der Waals surface area (Å²) in [5, 5.41) is 19.4. The molecule has 5 rings (SSSR count). The first-order chi connectivity index (χ1) is 19.6. The molecule has 8 nitrogen and oxygen atoms in total. The fourth-order valence-electron chi connectivity index (χ4n) is 3.99. The van der Waals surface area contributed by atoms with Gasteiger partial charge in [-0.3, -0.25) is 0 Å². The lowest BCUT2D eigenvalue weighted by molar-refractivity contribution is 0.298. The van der Waals surface area contributed by atoms with Crippen LogP contribution in [0.2, 0.25) is 0 Å². The molecule has 0 radical (unpaired) electrons. The molecule has 0 spiro atoms. The average molecular weight is 589 g/mol. The van der Waals surface area contributed by atoms with Crippen molar-refractivity contribution in [1.82, 2.24) is 0 Å². The molecule has 0 aliphatic carbocycles. The van der Waals surface area contributed by atoms with Crippen LogP contribution in [0.4, 0.5) is 0 Å². The van der Waals surface area contributed by atoms with E-state index in [9.17, 15) is 27.0 Å². The molecule has 0 saturated carbocycles. The average Bonchev–Trinajstić information content (AvgIpc) is 2.97. The number of ether oxygens (including phenoxy) is 2. The fraction of sp³-hybridized carbons (Fsp3) is 0.0323. The molecule has 0 aliphatic rings. The largest absolute Gasteiger partial charge is 0.508 e. The van der Waals surface area contributed by atoms with Gasteiger partial charge in [0.2, 0.25) is 19.7 Å². The molecule has 2 N–H and O–H groups in total. The van der Waals surface area contributed by atoms with Gasteiger partial charge in [-0.25, -0.2) is 16.8 Å². The minimum absolute atomic E-state index is 0.0126. The lowest BCUT2D eigenvalue weighted by Crippen LogP contribution is -2.06. The SMILES string of the molecule is O=S(=O)(c1ccc(Oc2ccc(COc3ccccc3S(=O)(=O)c3ccc(O)cc3)cc2)cc1)c1ccccc1O. The molecule has 0 heterocycles. The summed E-state index contributed by atoms with van der Waals surface area (Å²) < 4.78 is 63.6. The van der Waals surface area contributed by atoms with E-state index in [1.165, 1.54) is 72.8 Å². The molecule has 0 saturated heterocycles. The molecule has 0 atom stereocenters. The Hall–Kier alpha value is -4.80. The minimum Gasteiger partial charge on any atom is -0.508 e. The molecule has 5 aromatic carbocycles. The van der Waals surface area contributed by atoms with Crippen molar-refractivity contribution >= 4 is 19.7 Å². The standard InChI is InChI=1S/C31H24O8S2/c32-23-11-17-26(18-12-23)41(36,37)31-8-4-2-6-29(31)38-21-22-9-13-24(14-10-22)39-25-15-19-27(20-16-25)40(34,35)30-7-3-1-5-28(30)33/h1-20,32-33H,21H2. The summed E-state index contributed by atoms with van der Waals surface area (Å²) in [4.78, 5) is -0.103. The molecule has 0 bridgehead atoms. The van der Waals surface area contributed by atoms with E-state index in [-0.39, 0.29) is 43.4 Å². The molecule has 208 valence electrons. The Morgan fingerprint density at radius 3 is 1.63 bits per heavy atom. The van der Waals surface area contributed by atoms with Gasteiger partial charge >= 0.3 is 0 Å². The summed E-state index contributed by atoms with van der Waals surface area (Å²) in [6, 6.07) is 30.2. The van der Waals surface area contributed by atoms with E-state index in [0.29, 0.717) is 11.5 Å². The molecular formula is C31H24O8S2. The summed E-state index contributed by atoms with van der Waals surface area (Å²) in [6.45, 7) is 0.0985. The number of rotatable bonds is 9.